The van der Waals surface area contributed by atoms with Crippen molar-refractivity contribution in [3.8, 4) is 22.3 Å². The normalized spacial score (nSPS) is 11.8. The summed E-state index contributed by atoms with van der Waals surface area (Å²) in [5, 5.41) is 10.2. The first-order chi connectivity index (χ1) is 26.3. The molecule has 0 atom stereocenters. The lowest BCUT2D eigenvalue weighted by molar-refractivity contribution is 1.31. The van der Waals surface area contributed by atoms with Crippen molar-refractivity contribution in [2.24, 2.45) is 0 Å². The molecule has 2 aromatic heterocycles. The highest BCUT2D eigenvalue weighted by Crippen LogP contribution is 2.49. The van der Waals surface area contributed by atoms with Crippen LogP contribution in [0.15, 0.2) is 188 Å². The maximum absolute atomic E-state index is 2.47. The number of benzene rings is 9. The van der Waals surface area contributed by atoms with Gasteiger partial charge in [0, 0.05) is 51.7 Å². The molecule has 0 aliphatic rings. The molecule has 2 heterocycles. The Hall–Kier alpha value is -6.26. The second kappa shape index (κ2) is 12.2. The van der Waals surface area contributed by atoms with Crippen molar-refractivity contribution in [1.29, 1.82) is 0 Å². The second-order valence-electron chi connectivity index (χ2n) is 13.7. The third kappa shape index (κ3) is 4.97. The first-order valence-corrected chi connectivity index (χ1v) is 19.6. The summed E-state index contributed by atoms with van der Waals surface area (Å²) < 4.78 is 5.25. The van der Waals surface area contributed by atoms with Gasteiger partial charge in [0.15, 0.2) is 0 Å². The predicted octanol–water partition coefficient (Wildman–Crippen LogP) is 15.5. The van der Waals surface area contributed by atoms with E-state index in [1.807, 2.05) is 22.7 Å². The van der Waals surface area contributed by atoms with Crippen LogP contribution >= 0.6 is 22.7 Å². The summed E-state index contributed by atoms with van der Waals surface area (Å²) in [5.41, 5.74) is 8.39. The monoisotopic (exact) mass is 709 g/mol. The van der Waals surface area contributed by atoms with Gasteiger partial charge in [0.1, 0.15) is 0 Å². The standard InChI is InChI=1S/C50H31NS2/c1-2-10-33(11-3-1)40-28-29-45(49-43-15-7-9-17-47(43)53-50(40)49)51(38-26-22-35-19-18-34-12-4-5-13-39(34)44(35)31-38)37-24-20-32(21-25-37)36-23-27-42-41-14-6-8-16-46(41)52-48(42)30-36/h1-31H. The van der Waals surface area contributed by atoms with Crippen LogP contribution in [-0.4, -0.2) is 0 Å². The van der Waals surface area contributed by atoms with Crippen LogP contribution in [0.4, 0.5) is 17.1 Å². The summed E-state index contributed by atoms with van der Waals surface area (Å²) in [7, 11) is 0. The van der Waals surface area contributed by atoms with Crippen molar-refractivity contribution in [3.05, 3.63) is 188 Å². The highest BCUT2D eigenvalue weighted by atomic mass is 32.1. The molecule has 53 heavy (non-hydrogen) atoms. The molecule has 0 N–H and O–H groups in total. The zero-order valence-electron chi connectivity index (χ0n) is 28.7. The first kappa shape index (κ1) is 30.4. The molecule has 0 aliphatic carbocycles. The largest absolute Gasteiger partial charge is 0.310 e. The average Bonchev–Trinajstić information content (AvgIpc) is 3.80. The van der Waals surface area contributed by atoms with Gasteiger partial charge in [0.2, 0.25) is 0 Å². The fourth-order valence-corrected chi connectivity index (χ4v) is 10.5. The van der Waals surface area contributed by atoms with E-state index >= 15 is 0 Å². The van der Waals surface area contributed by atoms with Gasteiger partial charge in [0.05, 0.1) is 5.69 Å². The Balaban J connectivity index is 1.13. The van der Waals surface area contributed by atoms with E-state index in [2.05, 4.69) is 193 Å². The van der Waals surface area contributed by atoms with E-state index in [1.165, 1.54) is 89.8 Å². The fraction of sp³-hybridized carbons (Fsp3) is 0. The van der Waals surface area contributed by atoms with Gasteiger partial charge in [-0.15, -0.1) is 22.7 Å². The molecule has 3 heteroatoms. The Morgan fingerprint density at radius 2 is 0.962 bits per heavy atom. The summed E-state index contributed by atoms with van der Waals surface area (Å²) in [5.74, 6) is 0. The van der Waals surface area contributed by atoms with Crippen molar-refractivity contribution in [1.82, 2.24) is 0 Å². The smallest absolute Gasteiger partial charge is 0.0555 e. The minimum absolute atomic E-state index is 1.13. The molecule has 0 saturated heterocycles. The van der Waals surface area contributed by atoms with Crippen LogP contribution in [0, 0.1) is 0 Å². The molecule has 11 aromatic rings. The molecule has 0 saturated carbocycles. The van der Waals surface area contributed by atoms with E-state index in [0.717, 1.165) is 11.4 Å². The van der Waals surface area contributed by atoms with Crippen LogP contribution in [0.25, 0.3) is 84.1 Å². The van der Waals surface area contributed by atoms with Crippen LogP contribution in [0.2, 0.25) is 0 Å². The molecule has 0 aliphatic heterocycles. The number of hydrogen-bond acceptors (Lipinski definition) is 3. The highest BCUT2D eigenvalue weighted by molar-refractivity contribution is 7.26. The van der Waals surface area contributed by atoms with Crippen molar-refractivity contribution in [3.63, 3.8) is 0 Å². The third-order valence-corrected chi connectivity index (χ3v) is 13.0. The Morgan fingerprint density at radius 1 is 0.340 bits per heavy atom. The molecule has 1 nitrogen and oxygen atoms in total. The number of anilines is 3. The van der Waals surface area contributed by atoms with Gasteiger partial charge in [-0.2, -0.15) is 0 Å². The number of hydrogen-bond donors (Lipinski definition) is 0. The van der Waals surface area contributed by atoms with E-state index in [1.54, 1.807) is 0 Å². The SMILES string of the molecule is c1ccc(-c2ccc(N(c3ccc(-c4ccc5c(c4)sc4ccccc45)cc3)c3ccc4ccc5ccccc5c4c3)c3c2sc2ccccc23)cc1. The van der Waals surface area contributed by atoms with Gasteiger partial charge >= 0.3 is 0 Å². The molecule has 0 unspecified atom stereocenters. The van der Waals surface area contributed by atoms with Crippen LogP contribution in [0.5, 0.6) is 0 Å². The van der Waals surface area contributed by atoms with Crippen molar-refractivity contribution >= 4 is 102 Å². The summed E-state index contributed by atoms with van der Waals surface area (Å²) in [6, 6.07) is 69.2. The van der Waals surface area contributed by atoms with E-state index < -0.39 is 0 Å². The number of fused-ring (bicyclic) bond motifs is 9. The molecule has 0 amide bonds. The van der Waals surface area contributed by atoms with Crippen molar-refractivity contribution in [2.45, 2.75) is 0 Å². The molecule has 9 aromatic carbocycles. The van der Waals surface area contributed by atoms with Gasteiger partial charge in [0.25, 0.3) is 0 Å². The van der Waals surface area contributed by atoms with Gasteiger partial charge in [-0.3, -0.25) is 0 Å². The predicted molar refractivity (Wildman–Crippen MR) is 233 cm³/mol. The van der Waals surface area contributed by atoms with E-state index in [4.69, 9.17) is 0 Å². The Labute approximate surface area is 315 Å². The van der Waals surface area contributed by atoms with E-state index in [9.17, 15) is 0 Å². The highest BCUT2D eigenvalue weighted by Gasteiger charge is 2.21. The third-order valence-electron chi connectivity index (χ3n) is 10.7. The second-order valence-corrected chi connectivity index (χ2v) is 15.8. The van der Waals surface area contributed by atoms with Crippen molar-refractivity contribution < 1.29 is 0 Å². The van der Waals surface area contributed by atoms with Crippen LogP contribution in [0.1, 0.15) is 0 Å². The van der Waals surface area contributed by atoms with E-state index in [-0.39, 0.29) is 0 Å². The zero-order chi connectivity index (χ0) is 34.9. The molecular formula is C50H31NS2. The van der Waals surface area contributed by atoms with Crippen molar-refractivity contribution in [2.75, 3.05) is 4.90 Å². The van der Waals surface area contributed by atoms with Gasteiger partial charge in [-0.25, -0.2) is 0 Å². The minimum atomic E-state index is 1.13. The maximum Gasteiger partial charge on any atom is 0.0555 e. The fourth-order valence-electron chi connectivity index (χ4n) is 8.11. The Kier molecular flexibility index (Phi) is 6.97. The maximum atomic E-state index is 2.47. The summed E-state index contributed by atoms with van der Waals surface area (Å²) in [4.78, 5) is 2.47. The first-order valence-electron chi connectivity index (χ1n) is 18.0. The summed E-state index contributed by atoms with van der Waals surface area (Å²) in [6.07, 6.45) is 0. The Morgan fingerprint density at radius 3 is 1.79 bits per heavy atom. The van der Waals surface area contributed by atoms with Gasteiger partial charge < -0.3 is 4.90 Å². The van der Waals surface area contributed by atoms with Crippen LogP contribution < -0.4 is 4.90 Å². The molecule has 0 fully saturated rings. The lowest BCUT2D eigenvalue weighted by Crippen LogP contribution is -2.10. The van der Waals surface area contributed by atoms with Crippen LogP contribution in [-0.2, 0) is 0 Å². The number of thiophene rings is 2. The number of nitrogens with zero attached hydrogens (tertiary/aromatic N) is 1. The minimum Gasteiger partial charge on any atom is -0.310 e. The lowest BCUT2D eigenvalue weighted by Gasteiger charge is -2.27. The number of rotatable bonds is 5. The molecular weight excluding hydrogens is 679 g/mol. The zero-order valence-corrected chi connectivity index (χ0v) is 30.3. The lowest BCUT2D eigenvalue weighted by atomic mass is 9.98. The van der Waals surface area contributed by atoms with Crippen LogP contribution in [0.3, 0.4) is 0 Å². The molecule has 0 bridgehead atoms. The topological polar surface area (TPSA) is 3.24 Å². The van der Waals surface area contributed by atoms with Gasteiger partial charge in [-0.1, -0.05) is 140 Å². The van der Waals surface area contributed by atoms with Gasteiger partial charge in [-0.05, 0) is 92.3 Å². The summed E-state index contributed by atoms with van der Waals surface area (Å²) in [6.45, 7) is 0. The molecule has 11 rings (SSSR count). The quantitative estimate of drug-likeness (QED) is 0.161. The molecule has 0 spiro atoms. The van der Waals surface area contributed by atoms with E-state index in [0.29, 0.717) is 0 Å². The Bertz CT molecular complexity index is 3170. The molecule has 248 valence electrons. The molecule has 0 radical (unpaired) electrons. The average molecular weight is 710 g/mol. The summed E-state index contributed by atoms with van der Waals surface area (Å²) >= 11 is 3.76.